The first kappa shape index (κ1) is 21.8. The molecule has 1 heterocycles. The topological polar surface area (TPSA) is 58.6 Å². The van der Waals surface area contributed by atoms with Crippen LogP contribution in [0.2, 0.25) is 0 Å². The van der Waals surface area contributed by atoms with Crippen LogP contribution in [-0.4, -0.2) is 30.4 Å². The molecule has 0 spiro atoms. The Balaban J connectivity index is 1.58. The molecule has 0 aromatic heterocycles. The number of ether oxygens (including phenoxy) is 1. The fourth-order valence-electron chi connectivity index (χ4n) is 3.52. The number of carbonyl (C=O) groups excluding carboxylic acids is 2. The molecule has 5 nitrogen and oxygen atoms in total. The summed E-state index contributed by atoms with van der Waals surface area (Å²) in [6.45, 7) is 0.971. The molecule has 3 rings (SSSR count). The van der Waals surface area contributed by atoms with Gasteiger partial charge in [0.1, 0.15) is 0 Å². The van der Waals surface area contributed by atoms with Crippen LogP contribution in [0.25, 0.3) is 0 Å². The zero-order chi connectivity index (χ0) is 21.7. The minimum Gasteiger partial charge on any atom is -0.380 e. The summed E-state index contributed by atoms with van der Waals surface area (Å²) < 4.78 is 43.8. The van der Waals surface area contributed by atoms with Crippen molar-refractivity contribution >= 4 is 11.8 Å². The number of carbonyl (C=O) groups is 2. The number of hydrogen-bond acceptors (Lipinski definition) is 3. The van der Waals surface area contributed by atoms with Gasteiger partial charge in [-0.1, -0.05) is 36.4 Å². The number of hydrogen-bond donors (Lipinski definition) is 1. The molecule has 0 saturated carbocycles. The van der Waals surface area contributed by atoms with Crippen LogP contribution >= 0.6 is 0 Å². The fraction of sp³-hybridized carbons (Fsp3) is 0.364. The van der Waals surface area contributed by atoms with E-state index in [9.17, 15) is 22.8 Å². The number of alkyl halides is 3. The standard InChI is InChI=1S/C22H23F3N2O3/c1-30-14-17-7-3-2-6-16(17)11-26-21(29)18-10-20(28)27(13-18)12-15-5-4-8-19(9-15)22(23,24)25/h2-9,18H,10-14H2,1H3,(H,26,29). The van der Waals surface area contributed by atoms with E-state index in [4.69, 9.17) is 4.74 Å². The van der Waals surface area contributed by atoms with E-state index in [1.54, 1.807) is 13.2 Å². The molecule has 1 aliphatic heterocycles. The summed E-state index contributed by atoms with van der Waals surface area (Å²) in [6, 6.07) is 12.5. The van der Waals surface area contributed by atoms with Gasteiger partial charge in [0.05, 0.1) is 18.1 Å². The Morgan fingerprint density at radius 1 is 1.17 bits per heavy atom. The van der Waals surface area contributed by atoms with Crippen LogP contribution in [0.3, 0.4) is 0 Å². The minimum absolute atomic E-state index is 0.0448. The third-order valence-corrected chi connectivity index (χ3v) is 5.08. The van der Waals surface area contributed by atoms with Crippen molar-refractivity contribution in [2.75, 3.05) is 13.7 Å². The lowest BCUT2D eigenvalue weighted by molar-refractivity contribution is -0.137. The van der Waals surface area contributed by atoms with E-state index in [2.05, 4.69) is 5.32 Å². The van der Waals surface area contributed by atoms with Crippen LogP contribution in [-0.2, 0) is 40.2 Å². The number of nitrogens with zero attached hydrogens (tertiary/aromatic N) is 1. The summed E-state index contributed by atoms with van der Waals surface area (Å²) in [6.07, 6.45) is -4.39. The Hall–Kier alpha value is -2.87. The van der Waals surface area contributed by atoms with Gasteiger partial charge in [-0.25, -0.2) is 0 Å². The van der Waals surface area contributed by atoms with Gasteiger partial charge in [-0.2, -0.15) is 13.2 Å². The van der Waals surface area contributed by atoms with Gasteiger partial charge in [-0.05, 0) is 28.8 Å². The van der Waals surface area contributed by atoms with E-state index in [-0.39, 0.29) is 31.3 Å². The lowest BCUT2D eigenvalue weighted by atomic mass is 10.1. The molecule has 1 atom stereocenters. The normalized spacial score (nSPS) is 16.7. The number of benzene rings is 2. The summed E-state index contributed by atoms with van der Waals surface area (Å²) in [7, 11) is 1.60. The summed E-state index contributed by atoms with van der Waals surface area (Å²) in [4.78, 5) is 26.3. The van der Waals surface area contributed by atoms with Crippen molar-refractivity contribution in [2.45, 2.75) is 32.3 Å². The molecule has 1 N–H and O–H groups in total. The summed E-state index contributed by atoms with van der Waals surface area (Å²) >= 11 is 0. The first-order chi connectivity index (χ1) is 14.3. The second-order valence-electron chi connectivity index (χ2n) is 7.29. The van der Waals surface area contributed by atoms with Crippen molar-refractivity contribution in [3.8, 4) is 0 Å². The van der Waals surface area contributed by atoms with Crippen molar-refractivity contribution in [3.05, 3.63) is 70.8 Å². The van der Waals surface area contributed by atoms with E-state index in [0.717, 1.165) is 23.3 Å². The predicted molar refractivity (Wildman–Crippen MR) is 104 cm³/mol. The average Bonchev–Trinajstić information content (AvgIpc) is 3.07. The SMILES string of the molecule is COCc1ccccc1CNC(=O)C1CC(=O)N(Cc2cccc(C(F)(F)F)c2)C1. The van der Waals surface area contributed by atoms with E-state index < -0.39 is 17.7 Å². The quantitative estimate of drug-likeness (QED) is 0.746. The molecule has 1 unspecified atom stereocenters. The third kappa shape index (κ3) is 5.38. The molecular weight excluding hydrogens is 397 g/mol. The largest absolute Gasteiger partial charge is 0.416 e. The second-order valence-corrected chi connectivity index (χ2v) is 7.29. The highest BCUT2D eigenvalue weighted by Gasteiger charge is 2.35. The van der Waals surface area contributed by atoms with E-state index >= 15 is 0 Å². The Bertz CT molecular complexity index is 914. The number of likely N-dealkylation sites (tertiary alicyclic amines) is 1. The van der Waals surface area contributed by atoms with Gasteiger partial charge >= 0.3 is 6.18 Å². The highest BCUT2D eigenvalue weighted by molar-refractivity contribution is 5.89. The van der Waals surface area contributed by atoms with Gasteiger partial charge < -0.3 is 15.0 Å². The van der Waals surface area contributed by atoms with Crippen molar-refractivity contribution < 1.29 is 27.5 Å². The first-order valence-electron chi connectivity index (χ1n) is 9.55. The lowest BCUT2D eigenvalue weighted by Gasteiger charge is -2.18. The number of nitrogens with one attached hydrogen (secondary N) is 1. The summed E-state index contributed by atoms with van der Waals surface area (Å²) in [5, 5.41) is 2.85. The molecule has 2 aromatic rings. The molecule has 0 bridgehead atoms. The minimum atomic E-state index is -4.44. The van der Waals surface area contributed by atoms with Crippen LogP contribution in [0.4, 0.5) is 13.2 Å². The van der Waals surface area contributed by atoms with Gasteiger partial charge in [-0.15, -0.1) is 0 Å². The lowest BCUT2D eigenvalue weighted by Crippen LogP contribution is -2.32. The molecule has 8 heteroatoms. The maximum absolute atomic E-state index is 12.9. The van der Waals surface area contributed by atoms with E-state index in [1.807, 2.05) is 24.3 Å². The Kier molecular flexibility index (Phi) is 6.77. The van der Waals surface area contributed by atoms with Crippen molar-refractivity contribution in [1.82, 2.24) is 10.2 Å². The number of amides is 2. The Morgan fingerprint density at radius 2 is 1.90 bits per heavy atom. The van der Waals surface area contributed by atoms with Gasteiger partial charge in [0.25, 0.3) is 0 Å². The number of halogens is 3. The van der Waals surface area contributed by atoms with Crippen molar-refractivity contribution in [1.29, 1.82) is 0 Å². The molecule has 1 saturated heterocycles. The molecule has 160 valence electrons. The molecule has 1 aliphatic rings. The van der Waals surface area contributed by atoms with Gasteiger partial charge in [-0.3, -0.25) is 9.59 Å². The fourth-order valence-corrected chi connectivity index (χ4v) is 3.52. The number of rotatable bonds is 7. The predicted octanol–water partition coefficient (Wildman–Crippen LogP) is 3.52. The molecule has 30 heavy (non-hydrogen) atoms. The highest BCUT2D eigenvalue weighted by Crippen LogP contribution is 2.30. The maximum Gasteiger partial charge on any atom is 0.416 e. The van der Waals surface area contributed by atoms with Gasteiger partial charge in [0, 0.05) is 33.2 Å². The molecule has 0 radical (unpaired) electrons. The molecule has 2 amide bonds. The van der Waals surface area contributed by atoms with Crippen molar-refractivity contribution in [2.24, 2.45) is 5.92 Å². The van der Waals surface area contributed by atoms with Crippen LogP contribution in [0.1, 0.15) is 28.7 Å². The monoisotopic (exact) mass is 420 g/mol. The summed E-state index contributed by atoms with van der Waals surface area (Å²) in [5.41, 5.74) is 1.52. The first-order valence-corrected chi connectivity index (χ1v) is 9.55. The van der Waals surface area contributed by atoms with Crippen LogP contribution in [0.15, 0.2) is 48.5 Å². The maximum atomic E-state index is 12.9. The Labute approximate surface area is 172 Å². The second kappa shape index (κ2) is 9.30. The van der Waals surface area contributed by atoms with Crippen molar-refractivity contribution in [3.63, 3.8) is 0 Å². The van der Waals surface area contributed by atoms with Crippen LogP contribution < -0.4 is 5.32 Å². The molecule has 2 aromatic carbocycles. The third-order valence-electron chi connectivity index (χ3n) is 5.08. The zero-order valence-electron chi connectivity index (χ0n) is 16.5. The van der Waals surface area contributed by atoms with E-state index in [1.165, 1.54) is 11.0 Å². The molecule has 1 fully saturated rings. The van der Waals surface area contributed by atoms with Gasteiger partial charge in [0.15, 0.2) is 0 Å². The molecular formula is C22H23F3N2O3. The zero-order valence-corrected chi connectivity index (χ0v) is 16.5. The Morgan fingerprint density at radius 3 is 2.60 bits per heavy atom. The summed E-state index contributed by atoms with van der Waals surface area (Å²) in [5.74, 6) is -1.02. The van der Waals surface area contributed by atoms with Crippen LogP contribution in [0.5, 0.6) is 0 Å². The van der Waals surface area contributed by atoms with Gasteiger partial charge in [0.2, 0.25) is 11.8 Å². The highest BCUT2D eigenvalue weighted by atomic mass is 19.4. The van der Waals surface area contributed by atoms with E-state index in [0.29, 0.717) is 18.7 Å². The molecule has 0 aliphatic carbocycles. The average molecular weight is 420 g/mol. The number of methoxy groups -OCH3 is 1. The van der Waals surface area contributed by atoms with Crippen LogP contribution in [0, 0.1) is 5.92 Å². The smallest absolute Gasteiger partial charge is 0.380 e.